The van der Waals surface area contributed by atoms with Crippen LogP contribution in [-0.4, -0.2) is 21.1 Å². The number of carbonyl (C=O) groups is 2. The third-order valence-electron chi connectivity index (χ3n) is 6.01. The second kappa shape index (κ2) is 7.50. The zero-order chi connectivity index (χ0) is 22.5. The Bertz CT molecular complexity index is 1600. The van der Waals surface area contributed by atoms with Crippen LogP contribution in [0.25, 0.3) is 39.3 Å². The van der Waals surface area contributed by atoms with E-state index in [0.29, 0.717) is 11.1 Å². The van der Waals surface area contributed by atoms with E-state index in [1.165, 1.54) is 11.3 Å². The summed E-state index contributed by atoms with van der Waals surface area (Å²) in [7, 11) is 1.97. The van der Waals surface area contributed by atoms with E-state index in [1.54, 1.807) is 6.08 Å². The highest BCUT2D eigenvalue weighted by atomic mass is 32.1. The van der Waals surface area contributed by atoms with Crippen molar-refractivity contribution in [1.82, 2.24) is 9.55 Å². The van der Waals surface area contributed by atoms with Crippen molar-refractivity contribution in [3.63, 3.8) is 0 Å². The normalized spacial score (nSPS) is 13.5. The Hall–Kier alpha value is -4.09. The van der Waals surface area contributed by atoms with Gasteiger partial charge in [-0.05, 0) is 46.7 Å². The van der Waals surface area contributed by atoms with Gasteiger partial charge in [0.1, 0.15) is 10.7 Å². The molecule has 33 heavy (non-hydrogen) atoms. The van der Waals surface area contributed by atoms with Crippen molar-refractivity contribution in [2.45, 2.75) is 0 Å². The first-order chi connectivity index (χ1) is 16.1. The predicted molar refractivity (Wildman–Crippen MR) is 135 cm³/mol. The fourth-order valence-corrected chi connectivity index (χ4v) is 5.26. The van der Waals surface area contributed by atoms with Crippen LogP contribution in [0, 0.1) is 0 Å². The van der Waals surface area contributed by atoms with Crippen molar-refractivity contribution in [1.29, 1.82) is 0 Å². The Morgan fingerprint density at radius 2 is 1.45 bits per heavy atom. The molecule has 0 amide bonds. The first kappa shape index (κ1) is 19.6. The number of aromatic nitrogens is 2. The Morgan fingerprint density at radius 3 is 2.09 bits per heavy atom. The van der Waals surface area contributed by atoms with Crippen LogP contribution in [0.1, 0.15) is 37.0 Å². The molecule has 1 aliphatic carbocycles. The number of nitrogens with zero attached hydrogens (tertiary/aromatic N) is 2. The number of allylic oxidation sites excluding steroid dienone is 1. The van der Waals surface area contributed by atoms with Crippen LogP contribution in [0.2, 0.25) is 0 Å². The van der Waals surface area contributed by atoms with E-state index in [9.17, 15) is 9.59 Å². The van der Waals surface area contributed by atoms with E-state index in [4.69, 9.17) is 4.98 Å². The van der Waals surface area contributed by atoms with Crippen molar-refractivity contribution in [2.75, 3.05) is 0 Å². The van der Waals surface area contributed by atoms with E-state index >= 15 is 0 Å². The fraction of sp³-hybridized carbons (Fsp3) is 0.0357. The number of aryl methyl sites for hydroxylation is 1. The summed E-state index contributed by atoms with van der Waals surface area (Å²) in [6.45, 7) is 0. The molecule has 0 N–H and O–H groups in total. The van der Waals surface area contributed by atoms with Crippen molar-refractivity contribution < 1.29 is 9.59 Å². The minimum Gasteiger partial charge on any atom is -0.327 e. The van der Waals surface area contributed by atoms with Gasteiger partial charge in [0.2, 0.25) is 0 Å². The summed E-state index contributed by atoms with van der Waals surface area (Å²) in [5.74, 6) is 0.432. The van der Waals surface area contributed by atoms with Crippen LogP contribution in [0.15, 0.2) is 78.4 Å². The molecule has 0 atom stereocenters. The Balaban J connectivity index is 1.35. The predicted octanol–water partition coefficient (Wildman–Crippen LogP) is 6.42. The average molecular weight is 447 g/mol. The highest BCUT2D eigenvalue weighted by molar-refractivity contribution is 7.19. The first-order valence-corrected chi connectivity index (χ1v) is 11.4. The monoisotopic (exact) mass is 446 g/mol. The highest BCUT2D eigenvalue weighted by Crippen LogP contribution is 2.34. The van der Waals surface area contributed by atoms with Gasteiger partial charge >= 0.3 is 0 Å². The summed E-state index contributed by atoms with van der Waals surface area (Å²) in [4.78, 5) is 32.5. The van der Waals surface area contributed by atoms with Gasteiger partial charge in [0, 0.05) is 23.1 Å². The number of imidazole rings is 1. The minimum atomic E-state index is -0.211. The van der Waals surface area contributed by atoms with E-state index in [-0.39, 0.29) is 17.1 Å². The first-order valence-electron chi connectivity index (χ1n) is 10.6. The molecular formula is C28H18N2O2S. The molecule has 3 aromatic carbocycles. The van der Waals surface area contributed by atoms with Crippen LogP contribution in [0.5, 0.6) is 0 Å². The van der Waals surface area contributed by atoms with Gasteiger partial charge in [0.25, 0.3) is 0 Å². The maximum absolute atomic E-state index is 13.0. The molecule has 2 aromatic heterocycles. The third kappa shape index (κ3) is 3.25. The number of hydrogen-bond donors (Lipinski definition) is 0. The second-order valence-electron chi connectivity index (χ2n) is 8.07. The summed E-state index contributed by atoms with van der Waals surface area (Å²) >= 11 is 1.48. The van der Waals surface area contributed by atoms with E-state index in [1.807, 2.05) is 96.6 Å². The molecule has 5 aromatic rings. The maximum Gasteiger partial charge on any atom is 0.197 e. The van der Waals surface area contributed by atoms with Gasteiger partial charge in [0.15, 0.2) is 11.6 Å². The highest BCUT2D eigenvalue weighted by Gasteiger charge is 2.33. The standard InChI is InChI=1S/C28H18N2O2S/c1-30-24-16-20(33-28(24)29-25(30)12-11-17-7-3-2-4-8-17)15-23-26(31)21-13-18-9-5-6-10-19(18)14-22(21)27(23)32/h2-16H,1H3/b12-11+. The van der Waals surface area contributed by atoms with Gasteiger partial charge in [-0.15, -0.1) is 11.3 Å². The van der Waals surface area contributed by atoms with Crippen LogP contribution in [-0.2, 0) is 7.05 Å². The van der Waals surface area contributed by atoms with Crippen LogP contribution in [0.4, 0.5) is 0 Å². The Kier molecular flexibility index (Phi) is 4.45. The smallest absolute Gasteiger partial charge is 0.197 e. The fourth-order valence-electron chi connectivity index (χ4n) is 4.25. The number of hydrogen-bond acceptors (Lipinski definition) is 4. The van der Waals surface area contributed by atoms with Gasteiger partial charge in [-0.25, -0.2) is 4.98 Å². The molecule has 158 valence electrons. The number of Topliss-reactive ketones (excluding diaryl/α,β-unsaturated/α-hetero) is 2. The zero-order valence-corrected chi connectivity index (χ0v) is 18.6. The van der Waals surface area contributed by atoms with E-state index in [0.717, 1.165) is 37.4 Å². The molecule has 0 unspecified atom stereocenters. The minimum absolute atomic E-state index is 0.211. The lowest BCUT2D eigenvalue weighted by Gasteiger charge is -2.00. The van der Waals surface area contributed by atoms with Gasteiger partial charge in [-0.1, -0.05) is 60.7 Å². The van der Waals surface area contributed by atoms with Gasteiger partial charge in [-0.3, -0.25) is 9.59 Å². The number of benzene rings is 3. The van der Waals surface area contributed by atoms with Gasteiger partial charge < -0.3 is 4.57 Å². The van der Waals surface area contributed by atoms with Crippen molar-refractivity contribution >= 4 is 62.3 Å². The molecule has 5 heteroatoms. The Labute approximate surface area is 194 Å². The van der Waals surface area contributed by atoms with Crippen LogP contribution >= 0.6 is 11.3 Å². The van der Waals surface area contributed by atoms with Crippen LogP contribution in [0.3, 0.4) is 0 Å². The molecule has 0 spiro atoms. The molecule has 0 aliphatic heterocycles. The number of fused-ring (bicyclic) bond motifs is 3. The van der Waals surface area contributed by atoms with E-state index < -0.39 is 0 Å². The molecular weight excluding hydrogens is 428 g/mol. The van der Waals surface area contributed by atoms with Gasteiger partial charge in [-0.2, -0.15) is 0 Å². The lowest BCUT2D eigenvalue weighted by molar-refractivity contribution is 0.0990. The molecule has 2 heterocycles. The topological polar surface area (TPSA) is 52.0 Å². The largest absolute Gasteiger partial charge is 0.327 e. The van der Waals surface area contributed by atoms with Gasteiger partial charge in [0.05, 0.1) is 11.1 Å². The quantitative estimate of drug-likeness (QED) is 0.237. The molecule has 0 saturated heterocycles. The number of carbonyl (C=O) groups excluding carboxylic acids is 2. The molecule has 4 nitrogen and oxygen atoms in total. The van der Waals surface area contributed by atoms with Crippen molar-refractivity contribution in [3.8, 4) is 0 Å². The molecule has 6 rings (SSSR count). The summed E-state index contributed by atoms with van der Waals surface area (Å²) < 4.78 is 2.02. The lowest BCUT2D eigenvalue weighted by atomic mass is 10.0. The lowest BCUT2D eigenvalue weighted by Crippen LogP contribution is -1.99. The molecule has 0 fully saturated rings. The third-order valence-corrected chi connectivity index (χ3v) is 6.97. The van der Waals surface area contributed by atoms with Crippen LogP contribution < -0.4 is 0 Å². The summed E-state index contributed by atoms with van der Waals surface area (Å²) in [5.41, 5.74) is 3.27. The number of thiophene rings is 1. The maximum atomic E-state index is 13.0. The Morgan fingerprint density at radius 1 is 0.818 bits per heavy atom. The average Bonchev–Trinajstić information content (AvgIpc) is 3.44. The summed E-state index contributed by atoms with van der Waals surface area (Å²) in [6, 6.07) is 23.5. The molecule has 0 saturated carbocycles. The second-order valence-corrected chi connectivity index (χ2v) is 9.14. The van der Waals surface area contributed by atoms with Crippen molar-refractivity contribution in [2.24, 2.45) is 7.05 Å². The number of ketones is 2. The number of rotatable bonds is 3. The SMILES string of the molecule is Cn1c(/C=C/c2ccccc2)nc2sc(C=C3C(=O)c4cc5ccccc5cc4C3=O)cc21. The summed E-state index contributed by atoms with van der Waals surface area (Å²) in [5, 5.41) is 1.92. The molecule has 0 radical (unpaired) electrons. The summed E-state index contributed by atoms with van der Waals surface area (Å²) in [6.07, 6.45) is 5.73. The van der Waals surface area contributed by atoms with E-state index in [2.05, 4.69) is 0 Å². The van der Waals surface area contributed by atoms with Crippen molar-refractivity contribution in [3.05, 3.63) is 106 Å². The zero-order valence-electron chi connectivity index (χ0n) is 17.8. The molecule has 0 bridgehead atoms. The molecule has 1 aliphatic rings.